The summed E-state index contributed by atoms with van der Waals surface area (Å²) in [7, 11) is 0. The van der Waals surface area contributed by atoms with Crippen molar-refractivity contribution >= 4 is 27.5 Å². The van der Waals surface area contributed by atoms with Gasteiger partial charge in [-0.2, -0.15) is 0 Å². The van der Waals surface area contributed by atoms with Crippen molar-refractivity contribution in [3.05, 3.63) is 69.2 Å². The molecule has 1 atom stereocenters. The summed E-state index contributed by atoms with van der Waals surface area (Å²) in [6.07, 6.45) is 0.0561. The van der Waals surface area contributed by atoms with Crippen molar-refractivity contribution < 1.29 is 5.11 Å². The van der Waals surface area contributed by atoms with Gasteiger partial charge in [-0.15, -0.1) is 0 Å². The first-order valence-electron chi connectivity index (χ1n) is 5.33. The number of aliphatic hydroxyl groups is 1. The van der Waals surface area contributed by atoms with Gasteiger partial charge in [0.15, 0.2) is 0 Å². The molecule has 0 aliphatic carbocycles. The van der Waals surface area contributed by atoms with Gasteiger partial charge in [-0.1, -0.05) is 57.9 Å². The Morgan fingerprint density at radius 2 is 1.82 bits per heavy atom. The molecule has 2 aromatic carbocycles. The van der Waals surface area contributed by atoms with Crippen LogP contribution in [0.1, 0.15) is 17.2 Å². The minimum atomic E-state index is -0.535. The van der Waals surface area contributed by atoms with E-state index in [0.717, 1.165) is 15.6 Å². The van der Waals surface area contributed by atoms with E-state index in [1.54, 1.807) is 12.1 Å². The SMILES string of the molecule is OC(Cc1ccccc1)c1cc(Cl)cc(Br)c1. The molecule has 0 heterocycles. The van der Waals surface area contributed by atoms with E-state index in [9.17, 15) is 5.11 Å². The van der Waals surface area contributed by atoms with Crippen molar-refractivity contribution in [2.45, 2.75) is 12.5 Å². The van der Waals surface area contributed by atoms with E-state index in [4.69, 9.17) is 11.6 Å². The molecule has 1 N–H and O–H groups in total. The first-order valence-corrected chi connectivity index (χ1v) is 6.50. The fraction of sp³-hybridized carbons (Fsp3) is 0.143. The maximum absolute atomic E-state index is 10.1. The van der Waals surface area contributed by atoms with Gasteiger partial charge in [-0.25, -0.2) is 0 Å². The molecule has 17 heavy (non-hydrogen) atoms. The highest BCUT2D eigenvalue weighted by Gasteiger charge is 2.10. The lowest BCUT2D eigenvalue weighted by atomic mass is 10.0. The number of aliphatic hydroxyl groups excluding tert-OH is 1. The summed E-state index contributed by atoms with van der Waals surface area (Å²) in [4.78, 5) is 0. The predicted octanol–water partition coefficient (Wildman–Crippen LogP) is 4.38. The van der Waals surface area contributed by atoms with Crippen LogP contribution in [0.25, 0.3) is 0 Å². The average Bonchev–Trinajstić information content (AvgIpc) is 2.29. The Morgan fingerprint density at radius 3 is 2.47 bits per heavy atom. The van der Waals surface area contributed by atoms with E-state index < -0.39 is 6.10 Å². The van der Waals surface area contributed by atoms with Crippen LogP contribution in [0.3, 0.4) is 0 Å². The van der Waals surface area contributed by atoms with Gasteiger partial charge in [0.1, 0.15) is 0 Å². The van der Waals surface area contributed by atoms with Crippen molar-refractivity contribution in [3.8, 4) is 0 Å². The normalized spacial score (nSPS) is 12.4. The van der Waals surface area contributed by atoms with Gasteiger partial charge in [-0.05, 0) is 29.3 Å². The predicted molar refractivity (Wildman–Crippen MR) is 74.3 cm³/mol. The second-order valence-electron chi connectivity index (χ2n) is 3.91. The van der Waals surface area contributed by atoms with Crippen molar-refractivity contribution in [2.24, 2.45) is 0 Å². The van der Waals surface area contributed by atoms with Crippen molar-refractivity contribution in [2.75, 3.05) is 0 Å². The highest BCUT2D eigenvalue weighted by Crippen LogP contribution is 2.25. The van der Waals surface area contributed by atoms with Gasteiger partial charge < -0.3 is 5.11 Å². The van der Waals surface area contributed by atoms with E-state index in [1.165, 1.54) is 0 Å². The number of halogens is 2. The summed E-state index contributed by atoms with van der Waals surface area (Å²) in [5.74, 6) is 0. The van der Waals surface area contributed by atoms with Gasteiger partial charge >= 0.3 is 0 Å². The van der Waals surface area contributed by atoms with Crippen LogP contribution in [0.5, 0.6) is 0 Å². The van der Waals surface area contributed by atoms with Crippen molar-refractivity contribution in [1.82, 2.24) is 0 Å². The Morgan fingerprint density at radius 1 is 1.12 bits per heavy atom. The van der Waals surface area contributed by atoms with Crippen LogP contribution in [0.2, 0.25) is 5.02 Å². The van der Waals surface area contributed by atoms with Gasteiger partial charge in [-0.3, -0.25) is 0 Å². The zero-order chi connectivity index (χ0) is 12.3. The molecule has 0 radical (unpaired) electrons. The largest absolute Gasteiger partial charge is 0.388 e. The summed E-state index contributed by atoms with van der Waals surface area (Å²) in [6.45, 7) is 0. The number of hydrogen-bond donors (Lipinski definition) is 1. The lowest BCUT2D eigenvalue weighted by Gasteiger charge is -2.12. The van der Waals surface area contributed by atoms with Crippen LogP contribution >= 0.6 is 27.5 Å². The van der Waals surface area contributed by atoms with Crippen LogP contribution < -0.4 is 0 Å². The van der Waals surface area contributed by atoms with Gasteiger partial charge in [0, 0.05) is 15.9 Å². The molecule has 0 saturated heterocycles. The Hall–Kier alpha value is -0.830. The van der Waals surface area contributed by atoms with Gasteiger partial charge in [0.05, 0.1) is 6.10 Å². The highest BCUT2D eigenvalue weighted by molar-refractivity contribution is 9.10. The quantitative estimate of drug-likeness (QED) is 0.892. The van der Waals surface area contributed by atoms with Crippen molar-refractivity contribution in [3.63, 3.8) is 0 Å². The van der Waals surface area contributed by atoms with E-state index in [-0.39, 0.29) is 0 Å². The monoisotopic (exact) mass is 310 g/mol. The highest BCUT2D eigenvalue weighted by atomic mass is 79.9. The summed E-state index contributed by atoms with van der Waals surface area (Å²) >= 11 is 9.33. The molecule has 0 spiro atoms. The van der Waals surface area contributed by atoms with E-state index >= 15 is 0 Å². The van der Waals surface area contributed by atoms with Crippen molar-refractivity contribution in [1.29, 1.82) is 0 Å². The molecule has 0 saturated carbocycles. The topological polar surface area (TPSA) is 20.2 Å². The molecule has 2 aromatic rings. The maximum Gasteiger partial charge on any atom is 0.0831 e. The van der Waals surface area contributed by atoms with Crippen LogP contribution in [0.4, 0.5) is 0 Å². The van der Waals surface area contributed by atoms with Crippen LogP contribution in [0, 0.1) is 0 Å². The molecule has 0 aliphatic heterocycles. The standard InChI is InChI=1S/C14H12BrClO/c15-12-7-11(8-13(16)9-12)14(17)6-10-4-2-1-3-5-10/h1-5,7-9,14,17H,6H2. The summed E-state index contributed by atoms with van der Waals surface area (Å²) < 4.78 is 0.882. The van der Waals surface area contributed by atoms with E-state index in [0.29, 0.717) is 11.4 Å². The Balaban J connectivity index is 2.17. The number of rotatable bonds is 3. The average molecular weight is 312 g/mol. The minimum Gasteiger partial charge on any atom is -0.388 e. The smallest absolute Gasteiger partial charge is 0.0831 e. The second kappa shape index (κ2) is 5.67. The lowest BCUT2D eigenvalue weighted by Crippen LogP contribution is -2.01. The molecule has 1 nitrogen and oxygen atoms in total. The summed E-state index contributed by atoms with van der Waals surface area (Å²) in [5, 5.41) is 10.8. The number of benzene rings is 2. The minimum absolute atomic E-state index is 0.535. The lowest BCUT2D eigenvalue weighted by molar-refractivity contribution is 0.178. The zero-order valence-corrected chi connectivity index (χ0v) is 11.4. The van der Waals surface area contributed by atoms with Gasteiger partial charge in [0.2, 0.25) is 0 Å². The Labute approximate surface area is 114 Å². The zero-order valence-electron chi connectivity index (χ0n) is 9.11. The van der Waals surface area contributed by atoms with E-state index in [1.807, 2.05) is 36.4 Å². The molecule has 0 aromatic heterocycles. The molecule has 0 aliphatic rings. The third-order valence-corrected chi connectivity index (χ3v) is 3.22. The molecule has 88 valence electrons. The third-order valence-electron chi connectivity index (χ3n) is 2.54. The second-order valence-corrected chi connectivity index (χ2v) is 5.26. The van der Waals surface area contributed by atoms with E-state index in [2.05, 4.69) is 15.9 Å². The van der Waals surface area contributed by atoms with Crippen LogP contribution in [-0.2, 0) is 6.42 Å². The van der Waals surface area contributed by atoms with Gasteiger partial charge in [0.25, 0.3) is 0 Å². The molecule has 0 fully saturated rings. The summed E-state index contributed by atoms with van der Waals surface area (Å²) in [5.41, 5.74) is 1.93. The molecule has 0 bridgehead atoms. The molecule has 3 heteroatoms. The summed E-state index contributed by atoms with van der Waals surface area (Å²) in [6, 6.07) is 15.4. The Kier molecular flexibility index (Phi) is 4.21. The molecule has 0 amide bonds. The van der Waals surface area contributed by atoms with Crippen LogP contribution in [0.15, 0.2) is 53.0 Å². The third kappa shape index (κ3) is 3.56. The molecule has 1 unspecified atom stereocenters. The molecular weight excluding hydrogens is 300 g/mol. The fourth-order valence-corrected chi connectivity index (χ4v) is 2.61. The fourth-order valence-electron chi connectivity index (χ4n) is 1.72. The first kappa shape index (κ1) is 12.6. The maximum atomic E-state index is 10.1. The Bertz CT molecular complexity index is 479. The molecule has 2 rings (SSSR count). The number of hydrogen-bond acceptors (Lipinski definition) is 1. The first-order chi connectivity index (χ1) is 8.15. The van der Waals surface area contributed by atoms with Crippen LogP contribution in [-0.4, -0.2) is 5.11 Å². The molecular formula is C14H12BrClO.